The van der Waals surface area contributed by atoms with Gasteiger partial charge in [-0.1, -0.05) is 12.1 Å². The lowest BCUT2D eigenvalue weighted by molar-refractivity contribution is 0.0835. The van der Waals surface area contributed by atoms with Crippen molar-refractivity contribution in [3.63, 3.8) is 0 Å². The van der Waals surface area contributed by atoms with Crippen LogP contribution in [0.2, 0.25) is 0 Å². The van der Waals surface area contributed by atoms with Gasteiger partial charge < -0.3 is 15.2 Å². The van der Waals surface area contributed by atoms with Crippen LogP contribution < -0.4 is 5.32 Å². The van der Waals surface area contributed by atoms with Crippen LogP contribution in [-0.4, -0.2) is 37.4 Å². The molecule has 0 spiro atoms. The van der Waals surface area contributed by atoms with Crippen molar-refractivity contribution in [1.29, 1.82) is 0 Å². The highest BCUT2D eigenvalue weighted by Gasteiger charge is 2.12. The molecule has 0 heterocycles. The topological polar surface area (TPSA) is 58.6 Å². The summed E-state index contributed by atoms with van der Waals surface area (Å²) in [5, 5.41) is 11.0. The van der Waals surface area contributed by atoms with Crippen molar-refractivity contribution in [3.8, 4) is 0 Å². The number of aryl methyl sites for hydroxylation is 1. The van der Waals surface area contributed by atoms with Gasteiger partial charge in [0, 0.05) is 6.54 Å². The van der Waals surface area contributed by atoms with Crippen molar-refractivity contribution >= 4 is 5.91 Å². The van der Waals surface area contributed by atoms with Gasteiger partial charge in [0.1, 0.15) is 5.82 Å². The SMILES string of the molecule is Cc1cccc(C(=O)NCCOCCO)c1F. The second-order valence-corrected chi connectivity index (χ2v) is 3.53. The van der Waals surface area contributed by atoms with Crippen LogP contribution in [0.15, 0.2) is 18.2 Å². The summed E-state index contributed by atoms with van der Waals surface area (Å²) >= 11 is 0. The van der Waals surface area contributed by atoms with Crippen molar-refractivity contribution in [2.24, 2.45) is 0 Å². The van der Waals surface area contributed by atoms with Gasteiger partial charge in [-0.2, -0.15) is 0 Å². The van der Waals surface area contributed by atoms with Gasteiger partial charge in [0.2, 0.25) is 0 Å². The van der Waals surface area contributed by atoms with Crippen molar-refractivity contribution in [2.75, 3.05) is 26.4 Å². The number of carbonyl (C=O) groups excluding carboxylic acids is 1. The number of hydrogen-bond acceptors (Lipinski definition) is 3. The smallest absolute Gasteiger partial charge is 0.254 e. The van der Waals surface area contributed by atoms with Crippen molar-refractivity contribution in [1.82, 2.24) is 5.32 Å². The number of benzene rings is 1. The lowest BCUT2D eigenvalue weighted by atomic mass is 10.1. The van der Waals surface area contributed by atoms with Gasteiger partial charge in [-0.25, -0.2) is 4.39 Å². The molecule has 0 fully saturated rings. The van der Waals surface area contributed by atoms with E-state index in [1.165, 1.54) is 6.07 Å². The first-order valence-corrected chi connectivity index (χ1v) is 5.38. The molecule has 5 heteroatoms. The second kappa shape index (κ2) is 6.98. The molecule has 2 N–H and O–H groups in total. The number of halogens is 1. The van der Waals surface area contributed by atoms with E-state index in [1.807, 2.05) is 0 Å². The normalized spacial score (nSPS) is 10.3. The highest BCUT2D eigenvalue weighted by atomic mass is 19.1. The number of carbonyl (C=O) groups is 1. The molecule has 0 bridgehead atoms. The molecule has 0 unspecified atom stereocenters. The maximum atomic E-state index is 13.6. The average Bonchev–Trinajstić information content (AvgIpc) is 2.32. The minimum absolute atomic E-state index is 0.0344. The van der Waals surface area contributed by atoms with E-state index in [4.69, 9.17) is 9.84 Å². The number of rotatable bonds is 6. The number of aliphatic hydroxyl groups excluding tert-OH is 1. The van der Waals surface area contributed by atoms with Crippen LogP contribution in [0, 0.1) is 12.7 Å². The predicted molar refractivity (Wildman–Crippen MR) is 61.4 cm³/mol. The van der Waals surface area contributed by atoms with E-state index in [-0.39, 0.29) is 25.3 Å². The zero-order valence-electron chi connectivity index (χ0n) is 9.70. The Balaban J connectivity index is 2.44. The Hall–Kier alpha value is -1.46. The first-order valence-electron chi connectivity index (χ1n) is 5.38. The van der Waals surface area contributed by atoms with Crippen molar-refractivity contribution in [3.05, 3.63) is 35.1 Å². The van der Waals surface area contributed by atoms with Crippen LogP contribution in [-0.2, 0) is 4.74 Å². The summed E-state index contributed by atoms with van der Waals surface area (Å²) < 4.78 is 18.5. The van der Waals surface area contributed by atoms with Crippen LogP contribution in [0.25, 0.3) is 0 Å². The Morgan fingerprint density at radius 3 is 2.94 bits per heavy atom. The molecule has 1 aromatic carbocycles. The minimum atomic E-state index is -0.499. The Labute approximate surface area is 99.4 Å². The molecule has 1 aromatic rings. The number of ether oxygens (including phenoxy) is 1. The van der Waals surface area contributed by atoms with E-state index >= 15 is 0 Å². The Morgan fingerprint density at radius 2 is 2.24 bits per heavy atom. The van der Waals surface area contributed by atoms with Gasteiger partial charge in [0.25, 0.3) is 5.91 Å². The quantitative estimate of drug-likeness (QED) is 0.727. The standard InChI is InChI=1S/C12H16FNO3/c1-9-3-2-4-10(11(9)13)12(16)14-5-7-17-8-6-15/h2-4,15H,5-8H2,1H3,(H,14,16). The van der Waals surface area contributed by atoms with Crippen LogP contribution in [0.1, 0.15) is 15.9 Å². The molecule has 1 rings (SSSR count). The first kappa shape index (κ1) is 13.6. The second-order valence-electron chi connectivity index (χ2n) is 3.53. The monoisotopic (exact) mass is 241 g/mol. The van der Waals surface area contributed by atoms with E-state index in [1.54, 1.807) is 19.1 Å². The van der Waals surface area contributed by atoms with E-state index < -0.39 is 11.7 Å². The van der Waals surface area contributed by atoms with Gasteiger partial charge in [-0.15, -0.1) is 0 Å². The predicted octanol–water partition coefficient (Wildman–Crippen LogP) is 0.873. The third-order valence-electron chi connectivity index (χ3n) is 2.20. The van der Waals surface area contributed by atoms with E-state index in [0.29, 0.717) is 12.2 Å². The fourth-order valence-corrected chi connectivity index (χ4v) is 1.32. The fraction of sp³-hybridized carbons (Fsp3) is 0.417. The largest absolute Gasteiger partial charge is 0.394 e. The Morgan fingerprint density at radius 1 is 1.47 bits per heavy atom. The summed E-state index contributed by atoms with van der Waals surface area (Å²) in [6.45, 7) is 2.36. The first-order chi connectivity index (χ1) is 8.16. The number of aliphatic hydroxyl groups is 1. The van der Waals surface area contributed by atoms with Crippen LogP contribution >= 0.6 is 0 Å². The van der Waals surface area contributed by atoms with Crippen molar-refractivity contribution in [2.45, 2.75) is 6.92 Å². The summed E-state index contributed by atoms with van der Waals surface area (Å²) in [4.78, 5) is 11.6. The van der Waals surface area contributed by atoms with Crippen LogP contribution in [0.4, 0.5) is 4.39 Å². The molecule has 1 amide bonds. The fourth-order valence-electron chi connectivity index (χ4n) is 1.32. The van der Waals surface area contributed by atoms with Crippen molar-refractivity contribution < 1.29 is 19.0 Å². The summed E-state index contributed by atoms with van der Waals surface area (Å²) in [5.41, 5.74) is 0.473. The summed E-state index contributed by atoms with van der Waals surface area (Å²) in [7, 11) is 0. The van der Waals surface area contributed by atoms with Gasteiger partial charge in [-0.05, 0) is 18.6 Å². The molecule has 0 saturated carbocycles. The lowest BCUT2D eigenvalue weighted by Gasteiger charge is -2.07. The maximum absolute atomic E-state index is 13.6. The van der Waals surface area contributed by atoms with Crippen LogP contribution in [0.3, 0.4) is 0 Å². The molecule has 0 atom stereocenters. The zero-order valence-corrected chi connectivity index (χ0v) is 9.70. The minimum Gasteiger partial charge on any atom is -0.394 e. The summed E-state index contributed by atoms with van der Waals surface area (Å²) in [6.07, 6.45) is 0. The molecule has 0 aliphatic rings. The highest BCUT2D eigenvalue weighted by molar-refractivity contribution is 5.94. The number of amides is 1. The zero-order chi connectivity index (χ0) is 12.7. The highest BCUT2D eigenvalue weighted by Crippen LogP contribution is 2.11. The summed E-state index contributed by atoms with van der Waals surface area (Å²) in [5.74, 6) is -0.958. The molecule has 0 radical (unpaired) electrons. The molecule has 0 aliphatic heterocycles. The summed E-state index contributed by atoms with van der Waals surface area (Å²) in [6, 6.07) is 4.68. The van der Waals surface area contributed by atoms with Gasteiger partial charge in [-0.3, -0.25) is 4.79 Å². The Bertz CT molecular complexity index is 382. The van der Waals surface area contributed by atoms with E-state index in [9.17, 15) is 9.18 Å². The molecule has 4 nitrogen and oxygen atoms in total. The average molecular weight is 241 g/mol. The van der Waals surface area contributed by atoms with E-state index in [0.717, 1.165) is 0 Å². The molecule has 17 heavy (non-hydrogen) atoms. The van der Waals surface area contributed by atoms with Gasteiger partial charge >= 0.3 is 0 Å². The third kappa shape index (κ3) is 4.13. The number of hydrogen-bond donors (Lipinski definition) is 2. The van der Waals surface area contributed by atoms with E-state index in [2.05, 4.69) is 5.32 Å². The molecule has 0 saturated heterocycles. The number of nitrogens with one attached hydrogen (secondary N) is 1. The molecular weight excluding hydrogens is 225 g/mol. The lowest BCUT2D eigenvalue weighted by Crippen LogP contribution is -2.28. The Kier molecular flexibility index (Phi) is 5.59. The third-order valence-corrected chi connectivity index (χ3v) is 2.20. The maximum Gasteiger partial charge on any atom is 0.254 e. The molecule has 94 valence electrons. The van der Waals surface area contributed by atoms with Crippen LogP contribution in [0.5, 0.6) is 0 Å². The molecular formula is C12H16FNO3. The molecule has 0 aromatic heterocycles. The van der Waals surface area contributed by atoms with Gasteiger partial charge in [0.05, 0.1) is 25.4 Å². The van der Waals surface area contributed by atoms with Gasteiger partial charge in [0.15, 0.2) is 0 Å². The molecule has 0 aliphatic carbocycles.